The highest BCUT2D eigenvalue weighted by atomic mass is 79.9. The Morgan fingerprint density at radius 3 is 3.00 bits per heavy atom. The Morgan fingerprint density at radius 1 is 1.53 bits per heavy atom. The van der Waals surface area contributed by atoms with Gasteiger partial charge >= 0.3 is 0 Å². The third-order valence-electron chi connectivity index (χ3n) is 2.39. The average Bonchev–Trinajstić information content (AvgIpc) is 2.82. The van der Waals surface area contributed by atoms with E-state index in [1.807, 2.05) is 23.8 Å². The second-order valence-electron chi connectivity index (χ2n) is 3.59. The molecule has 5 heteroatoms. The van der Waals surface area contributed by atoms with Crippen LogP contribution in [0.4, 0.5) is 0 Å². The lowest BCUT2D eigenvalue weighted by Crippen LogP contribution is -2.26. The molecular formula is C12H11BrN2OS. The van der Waals surface area contributed by atoms with Crippen molar-refractivity contribution >= 4 is 33.2 Å². The molecule has 0 saturated carbocycles. The number of carbonyl (C=O) groups excluding carboxylic acids is 1. The summed E-state index contributed by atoms with van der Waals surface area (Å²) < 4.78 is 0.565. The van der Waals surface area contributed by atoms with Gasteiger partial charge in [-0.15, -0.1) is 0 Å². The summed E-state index contributed by atoms with van der Waals surface area (Å²) in [4.78, 5) is 16.0. The molecule has 3 nitrogen and oxygen atoms in total. The highest BCUT2D eigenvalue weighted by molar-refractivity contribution is 9.10. The molecule has 0 spiro atoms. The molecule has 0 saturated heterocycles. The summed E-state index contributed by atoms with van der Waals surface area (Å²) in [6.07, 6.45) is 1.64. The Morgan fingerprint density at radius 2 is 2.35 bits per heavy atom. The fraction of sp³-hybridized carbons (Fsp3) is 0.167. The van der Waals surface area contributed by atoms with E-state index in [1.165, 1.54) is 0 Å². The van der Waals surface area contributed by atoms with Crippen LogP contribution in [0.3, 0.4) is 0 Å². The van der Waals surface area contributed by atoms with Gasteiger partial charge in [-0.3, -0.25) is 4.79 Å². The predicted octanol–water partition coefficient (Wildman–Crippen LogP) is 3.40. The summed E-state index contributed by atoms with van der Waals surface area (Å²) in [5.74, 6) is -0.122. The molecule has 0 aliphatic carbocycles. The van der Waals surface area contributed by atoms with Crippen LogP contribution in [0.25, 0.3) is 0 Å². The van der Waals surface area contributed by atoms with Crippen LogP contribution in [-0.4, -0.2) is 10.9 Å². The van der Waals surface area contributed by atoms with E-state index < -0.39 is 0 Å². The van der Waals surface area contributed by atoms with E-state index in [0.29, 0.717) is 10.2 Å². The number of hydrogen-bond donors (Lipinski definition) is 1. The molecule has 2 aromatic rings. The van der Waals surface area contributed by atoms with E-state index in [0.717, 1.165) is 5.56 Å². The Kier molecular flexibility index (Phi) is 3.91. The molecule has 2 heterocycles. The van der Waals surface area contributed by atoms with Gasteiger partial charge in [0.1, 0.15) is 4.60 Å². The Hall–Kier alpha value is -1.20. The average molecular weight is 311 g/mol. The number of hydrogen-bond acceptors (Lipinski definition) is 3. The Bertz CT molecular complexity index is 513. The van der Waals surface area contributed by atoms with Crippen LogP contribution in [0.1, 0.15) is 28.9 Å². The molecule has 0 aromatic carbocycles. The number of pyridine rings is 1. The number of carbonyl (C=O) groups is 1. The van der Waals surface area contributed by atoms with Crippen LogP contribution in [0.5, 0.6) is 0 Å². The standard InChI is InChI=1S/C12H11BrN2OS/c1-8(9-4-6-17-7-9)15-12(16)10-3-2-5-14-11(10)13/h2-8H,1H3,(H,15,16). The van der Waals surface area contributed by atoms with Crippen LogP contribution in [-0.2, 0) is 0 Å². The third kappa shape index (κ3) is 2.92. The smallest absolute Gasteiger partial charge is 0.254 e. The van der Waals surface area contributed by atoms with Crippen molar-refractivity contribution in [2.75, 3.05) is 0 Å². The molecule has 0 fully saturated rings. The first-order valence-electron chi connectivity index (χ1n) is 5.12. The molecule has 1 N–H and O–H groups in total. The summed E-state index contributed by atoms with van der Waals surface area (Å²) >= 11 is 4.89. The summed E-state index contributed by atoms with van der Waals surface area (Å²) in [5.41, 5.74) is 1.66. The van der Waals surface area contributed by atoms with E-state index in [1.54, 1.807) is 29.7 Å². The van der Waals surface area contributed by atoms with E-state index in [2.05, 4.69) is 26.2 Å². The maximum Gasteiger partial charge on any atom is 0.254 e. The first kappa shape index (κ1) is 12.3. The van der Waals surface area contributed by atoms with Crippen molar-refractivity contribution < 1.29 is 4.79 Å². The molecule has 88 valence electrons. The number of thiophene rings is 1. The summed E-state index contributed by atoms with van der Waals surface area (Å²) in [7, 11) is 0. The quantitative estimate of drug-likeness (QED) is 0.883. The highest BCUT2D eigenvalue weighted by Gasteiger charge is 2.14. The minimum Gasteiger partial charge on any atom is -0.345 e. The molecule has 0 bridgehead atoms. The summed E-state index contributed by atoms with van der Waals surface area (Å²) in [5, 5.41) is 6.97. The molecule has 2 aromatic heterocycles. The SMILES string of the molecule is CC(NC(=O)c1cccnc1Br)c1ccsc1. The van der Waals surface area contributed by atoms with Crippen molar-refractivity contribution in [1.82, 2.24) is 10.3 Å². The van der Waals surface area contributed by atoms with Gasteiger partial charge in [0.15, 0.2) is 0 Å². The van der Waals surface area contributed by atoms with Gasteiger partial charge in [0, 0.05) is 6.20 Å². The summed E-state index contributed by atoms with van der Waals surface area (Å²) in [6, 6.07) is 5.50. The van der Waals surface area contributed by atoms with Crippen LogP contribution < -0.4 is 5.32 Å². The van der Waals surface area contributed by atoms with Gasteiger partial charge in [-0.25, -0.2) is 4.98 Å². The number of rotatable bonds is 3. The van der Waals surface area contributed by atoms with Crippen molar-refractivity contribution in [2.24, 2.45) is 0 Å². The number of amides is 1. The van der Waals surface area contributed by atoms with E-state index in [-0.39, 0.29) is 11.9 Å². The molecule has 2 rings (SSSR count). The molecule has 1 unspecified atom stereocenters. The van der Waals surface area contributed by atoms with E-state index in [9.17, 15) is 4.79 Å². The minimum absolute atomic E-state index is 0.000793. The number of aromatic nitrogens is 1. The predicted molar refractivity (Wildman–Crippen MR) is 72.1 cm³/mol. The van der Waals surface area contributed by atoms with Gasteiger partial charge in [0.05, 0.1) is 11.6 Å². The first-order valence-corrected chi connectivity index (χ1v) is 6.85. The largest absolute Gasteiger partial charge is 0.345 e. The molecule has 17 heavy (non-hydrogen) atoms. The lowest BCUT2D eigenvalue weighted by Gasteiger charge is -2.12. The van der Waals surface area contributed by atoms with Crippen molar-refractivity contribution in [1.29, 1.82) is 0 Å². The first-order chi connectivity index (χ1) is 8.18. The number of halogens is 1. The second kappa shape index (κ2) is 5.42. The maximum absolute atomic E-state index is 12.0. The lowest BCUT2D eigenvalue weighted by molar-refractivity contribution is 0.0938. The third-order valence-corrected chi connectivity index (χ3v) is 3.73. The van der Waals surface area contributed by atoms with Crippen LogP contribution >= 0.6 is 27.3 Å². The highest BCUT2D eigenvalue weighted by Crippen LogP contribution is 2.18. The van der Waals surface area contributed by atoms with Gasteiger partial charge in [-0.05, 0) is 57.4 Å². The van der Waals surface area contributed by atoms with Crippen LogP contribution in [0.2, 0.25) is 0 Å². The van der Waals surface area contributed by atoms with Crippen LogP contribution in [0, 0.1) is 0 Å². The fourth-order valence-electron chi connectivity index (χ4n) is 1.43. The summed E-state index contributed by atoms with van der Waals surface area (Å²) in [6.45, 7) is 1.96. The zero-order chi connectivity index (χ0) is 12.3. The lowest BCUT2D eigenvalue weighted by atomic mass is 10.1. The second-order valence-corrected chi connectivity index (χ2v) is 5.12. The molecule has 0 radical (unpaired) electrons. The Balaban J connectivity index is 2.10. The van der Waals surface area contributed by atoms with E-state index in [4.69, 9.17) is 0 Å². The Labute approximate surface area is 112 Å². The number of nitrogens with zero attached hydrogens (tertiary/aromatic N) is 1. The van der Waals surface area contributed by atoms with Gasteiger partial charge in [-0.2, -0.15) is 11.3 Å². The monoisotopic (exact) mass is 310 g/mol. The van der Waals surface area contributed by atoms with Gasteiger partial charge in [0.25, 0.3) is 5.91 Å². The van der Waals surface area contributed by atoms with Crippen molar-refractivity contribution in [3.63, 3.8) is 0 Å². The zero-order valence-corrected chi connectivity index (χ0v) is 11.6. The minimum atomic E-state index is -0.122. The maximum atomic E-state index is 12.0. The topological polar surface area (TPSA) is 42.0 Å². The molecular weight excluding hydrogens is 300 g/mol. The molecule has 0 aliphatic heterocycles. The fourth-order valence-corrected chi connectivity index (χ4v) is 2.62. The van der Waals surface area contributed by atoms with Crippen LogP contribution in [0.15, 0.2) is 39.8 Å². The van der Waals surface area contributed by atoms with Crippen molar-refractivity contribution in [2.45, 2.75) is 13.0 Å². The van der Waals surface area contributed by atoms with Gasteiger partial charge < -0.3 is 5.32 Å². The zero-order valence-electron chi connectivity index (χ0n) is 9.18. The molecule has 1 atom stereocenters. The molecule has 1 amide bonds. The number of nitrogens with one attached hydrogen (secondary N) is 1. The van der Waals surface area contributed by atoms with Crippen molar-refractivity contribution in [3.05, 3.63) is 50.9 Å². The van der Waals surface area contributed by atoms with Crippen molar-refractivity contribution in [3.8, 4) is 0 Å². The van der Waals surface area contributed by atoms with Gasteiger partial charge in [-0.1, -0.05) is 0 Å². The normalized spacial score (nSPS) is 12.1. The van der Waals surface area contributed by atoms with E-state index >= 15 is 0 Å². The van der Waals surface area contributed by atoms with Gasteiger partial charge in [0.2, 0.25) is 0 Å². The molecule has 0 aliphatic rings.